The van der Waals surface area contributed by atoms with Crippen LogP contribution in [0, 0.1) is 0 Å². The molecule has 0 saturated carbocycles. The molecule has 6 nitrogen and oxygen atoms in total. The highest BCUT2D eigenvalue weighted by molar-refractivity contribution is 5.80. The minimum atomic E-state index is -2.26. The molecular weight excluding hydrogens is 328 g/mol. The lowest BCUT2D eigenvalue weighted by Crippen LogP contribution is -2.49. The van der Waals surface area contributed by atoms with Crippen LogP contribution in [0.4, 0.5) is 8.78 Å². The number of halogens is 2. The summed E-state index contributed by atoms with van der Waals surface area (Å²) >= 11 is 0. The van der Waals surface area contributed by atoms with Gasteiger partial charge in [0.1, 0.15) is 6.54 Å². The summed E-state index contributed by atoms with van der Waals surface area (Å²) in [5, 5.41) is 10.6. The smallest absolute Gasteiger partial charge is 0.251 e. The highest BCUT2D eigenvalue weighted by Crippen LogP contribution is 2.15. The molecule has 25 heavy (non-hydrogen) atoms. The zero-order valence-corrected chi connectivity index (χ0v) is 15.3. The van der Waals surface area contributed by atoms with E-state index in [-0.39, 0.29) is 12.6 Å². The molecule has 1 aliphatic rings. The van der Waals surface area contributed by atoms with Gasteiger partial charge in [0.05, 0.1) is 12.2 Å². The molecule has 0 atom stereocenters. The summed E-state index contributed by atoms with van der Waals surface area (Å²) < 4.78 is 30.2. The second kappa shape index (κ2) is 9.70. The van der Waals surface area contributed by atoms with E-state index < -0.39 is 6.43 Å². The van der Waals surface area contributed by atoms with Crippen LogP contribution in [0.3, 0.4) is 0 Å². The molecule has 2 rings (SSSR count). The van der Waals surface area contributed by atoms with Gasteiger partial charge in [-0.05, 0) is 25.7 Å². The average molecular weight is 357 g/mol. The quantitative estimate of drug-likeness (QED) is 0.580. The molecule has 0 aliphatic carbocycles. The summed E-state index contributed by atoms with van der Waals surface area (Å²) in [6.45, 7) is 8.54. The molecule has 0 amide bonds. The SMILES string of the molecule is CCNC(=NCc1cc(C(C)C)no1)NC1CCN(CC(F)F)CC1. The first kappa shape index (κ1) is 19.6. The number of nitrogens with one attached hydrogen (secondary N) is 2. The third kappa shape index (κ3) is 6.61. The zero-order valence-electron chi connectivity index (χ0n) is 15.3. The zero-order chi connectivity index (χ0) is 18.2. The molecule has 142 valence electrons. The van der Waals surface area contributed by atoms with Crippen molar-refractivity contribution in [3.05, 3.63) is 17.5 Å². The van der Waals surface area contributed by atoms with Crippen molar-refractivity contribution in [1.29, 1.82) is 0 Å². The molecule has 2 N–H and O–H groups in total. The number of piperidine rings is 1. The highest BCUT2D eigenvalue weighted by Gasteiger charge is 2.22. The van der Waals surface area contributed by atoms with Crippen molar-refractivity contribution in [1.82, 2.24) is 20.7 Å². The van der Waals surface area contributed by atoms with Gasteiger partial charge in [-0.3, -0.25) is 4.90 Å². The first-order chi connectivity index (χ1) is 12.0. The Balaban J connectivity index is 1.85. The minimum Gasteiger partial charge on any atom is -0.359 e. The summed E-state index contributed by atoms with van der Waals surface area (Å²) in [6.07, 6.45) is -0.602. The fourth-order valence-electron chi connectivity index (χ4n) is 2.80. The predicted molar refractivity (Wildman–Crippen MR) is 94.0 cm³/mol. The third-order valence-electron chi connectivity index (χ3n) is 4.23. The first-order valence-corrected chi connectivity index (χ1v) is 8.98. The van der Waals surface area contributed by atoms with Gasteiger partial charge in [0.15, 0.2) is 11.7 Å². The van der Waals surface area contributed by atoms with Crippen LogP contribution in [0.15, 0.2) is 15.6 Å². The normalized spacial score (nSPS) is 17.5. The van der Waals surface area contributed by atoms with Crippen LogP contribution in [-0.2, 0) is 6.54 Å². The van der Waals surface area contributed by atoms with E-state index in [1.807, 2.05) is 17.9 Å². The standard InChI is InChI=1S/C17H29F2N5O/c1-4-20-17(21-10-14-9-15(12(2)3)23-25-14)22-13-5-7-24(8-6-13)11-16(18)19/h9,12-13,16H,4-8,10-11H2,1-3H3,(H2,20,21,22). The average Bonchev–Trinajstić information content (AvgIpc) is 3.03. The largest absolute Gasteiger partial charge is 0.359 e. The minimum absolute atomic E-state index is 0.134. The number of hydrogen-bond acceptors (Lipinski definition) is 4. The number of hydrogen-bond donors (Lipinski definition) is 2. The number of rotatable bonds is 7. The van der Waals surface area contributed by atoms with E-state index in [1.165, 1.54) is 0 Å². The number of nitrogens with zero attached hydrogens (tertiary/aromatic N) is 3. The van der Waals surface area contributed by atoms with E-state index in [1.54, 1.807) is 0 Å². The van der Waals surface area contributed by atoms with Crippen LogP contribution in [0.2, 0.25) is 0 Å². The molecule has 8 heteroatoms. The lowest BCUT2D eigenvalue weighted by molar-refractivity contribution is 0.0744. The van der Waals surface area contributed by atoms with Gasteiger partial charge in [-0.25, -0.2) is 13.8 Å². The fraction of sp³-hybridized carbons (Fsp3) is 0.765. The summed E-state index contributed by atoms with van der Waals surface area (Å²) in [4.78, 5) is 6.36. The van der Waals surface area contributed by atoms with E-state index in [0.717, 1.165) is 36.8 Å². The molecule has 1 aromatic rings. The molecule has 1 aromatic heterocycles. The maximum absolute atomic E-state index is 12.4. The Morgan fingerprint density at radius 3 is 2.68 bits per heavy atom. The van der Waals surface area contributed by atoms with Crippen molar-refractivity contribution in [2.24, 2.45) is 4.99 Å². The Labute approximate surface area is 148 Å². The van der Waals surface area contributed by atoms with Crippen LogP contribution in [0.1, 0.15) is 51.0 Å². The van der Waals surface area contributed by atoms with Crippen molar-refractivity contribution in [3.63, 3.8) is 0 Å². The lowest BCUT2D eigenvalue weighted by atomic mass is 10.1. The summed E-state index contributed by atoms with van der Waals surface area (Å²) in [5.41, 5.74) is 0.926. The molecule has 1 aliphatic heterocycles. The van der Waals surface area contributed by atoms with E-state index in [4.69, 9.17) is 4.52 Å². The van der Waals surface area contributed by atoms with E-state index >= 15 is 0 Å². The molecular formula is C17H29F2N5O. The van der Waals surface area contributed by atoms with Gasteiger partial charge < -0.3 is 15.2 Å². The number of aliphatic imine (C=N–C) groups is 1. The van der Waals surface area contributed by atoms with Crippen LogP contribution in [-0.4, -0.2) is 54.7 Å². The van der Waals surface area contributed by atoms with Crippen LogP contribution in [0.25, 0.3) is 0 Å². The van der Waals surface area contributed by atoms with Gasteiger partial charge in [0.25, 0.3) is 6.43 Å². The van der Waals surface area contributed by atoms with Gasteiger partial charge >= 0.3 is 0 Å². The van der Waals surface area contributed by atoms with Gasteiger partial charge in [-0.1, -0.05) is 19.0 Å². The van der Waals surface area contributed by atoms with Crippen LogP contribution >= 0.6 is 0 Å². The van der Waals surface area contributed by atoms with Gasteiger partial charge in [-0.15, -0.1) is 0 Å². The molecule has 0 bridgehead atoms. The van der Waals surface area contributed by atoms with Crippen molar-refractivity contribution in [2.75, 3.05) is 26.2 Å². The maximum Gasteiger partial charge on any atom is 0.251 e. The molecule has 1 saturated heterocycles. The monoisotopic (exact) mass is 357 g/mol. The Hall–Kier alpha value is -1.70. The topological polar surface area (TPSA) is 65.7 Å². The van der Waals surface area contributed by atoms with Crippen molar-refractivity contribution >= 4 is 5.96 Å². The summed E-state index contributed by atoms with van der Waals surface area (Å²) in [5.74, 6) is 1.77. The Bertz CT molecular complexity index is 539. The van der Waals surface area contributed by atoms with Gasteiger partial charge in [0.2, 0.25) is 0 Å². The van der Waals surface area contributed by atoms with Gasteiger partial charge in [-0.2, -0.15) is 0 Å². The lowest BCUT2D eigenvalue weighted by Gasteiger charge is -2.32. The van der Waals surface area contributed by atoms with E-state index in [0.29, 0.717) is 25.6 Å². The Morgan fingerprint density at radius 1 is 1.40 bits per heavy atom. The van der Waals surface area contributed by atoms with Gasteiger partial charge in [0, 0.05) is 31.7 Å². The van der Waals surface area contributed by atoms with Crippen LogP contribution in [0.5, 0.6) is 0 Å². The van der Waals surface area contributed by atoms with E-state index in [9.17, 15) is 8.78 Å². The molecule has 1 fully saturated rings. The van der Waals surface area contributed by atoms with Crippen LogP contribution < -0.4 is 10.6 Å². The highest BCUT2D eigenvalue weighted by atomic mass is 19.3. The summed E-state index contributed by atoms with van der Waals surface area (Å²) in [6, 6.07) is 2.17. The predicted octanol–water partition coefficient (Wildman–Crippen LogP) is 2.58. The second-order valence-corrected chi connectivity index (χ2v) is 6.68. The first-order valence-electron chi connectivity index (χ1n) is 8.98. The number of alkyl halides is 2. The molecule has 0 radical (unpaired) electrons. The van der Waals surface area contributed by atoms with Crippen molar-refractivity contribution in [3.8, 4) is 0 Å². The molecule has 2 heterocycles. The summed E-state index contributed by atoms with van der Waals surface area (Å²) in [7, 11) is 0. The Kier molecular flexibility index (Phi) is 7.61. The molecule has 0 aromatic carbocycles. The number of likely N-dealkylation sites (tertiary alicyclic amines) is 1. The third-order valence-corrected chi connectivity index (χ3v) is 4.23. The second-order valence-electron chi connectivity index (χ2n) is 6.68. The van der Waals surface area contributed by atoms with E-state index in [2.05, 4.69) is 34.6 Å². The van der Waals surface area contributed by atoms with Crippen molar-refractivity contribution < 1.29 is 13.3 Å². The Morgan fingerprint density at radius 2 is 2.12 bits per heavy atom. The van der Waals surface area contributed by atoms with Crippen molar-refractivity contribution in [2.45, 2.75) is 58.5 Å². The number of guanidine groups is 1. The maximum atomic E-state index is 12.4. The molecule has 0 unspecified atom stereocenters. The molecule has 0 spiro atoms. The number of aromatic nitrogens is 1. The fourth-order valence-corrected chi connectivity index (χ4v) is 2.80.